The van der Waals surface area contributed by atoms with Crippen molar-refractivity contribution in [2.45, 2.75) is 20.0 Å². The summed E-state index contributed by atoms with van der Waals surface area (Å²) in [6.45, 7) is 3.81. The summed E-state index contributed by atoms with van der Waals surface area (Å²) in [4.78, 5) is 22.2. The van der Waals surface area contributed by atoms with E-state index in [1.54, 1.807) is 31.2 Å². The van der Waals surface area contributed by atoms with Gasteiger partial charge in [-0.05, 0) is 24.6 Å². The van der Waals surface area contributed by atoms with E-state index in [0.717, 1.165) is 5.56 Å². The SMILES string of the molecule is CC(=O)NCCNC(=O)Nc1cccc(C(C)O)c1. The zero-order valence-electron chi connectivity index (χ0n) is 11.1. The summed E-state index contributed by atoms with van der Waals surface area (Å²) in [7, 11) is 0. The highest BCUT2D eigenvalue weighted by molar-refractivity contribution is 5.89. The number of amides is 3. The first-order valence-corrected chi connectivity index (χ1v) is 6.06. The van der Waals surface area contributed by atoms with E-state index in [1.807, 2.05) is 0 Å². The number of carbonyl (C=O) groups excluding carboxylic acids is 2. The molecular formula is C13H19N3O3. The van der Waals surface area contributed by atoms with E-state index in [1.165, 1.54) is 6.92 Å². The first-order valence-electron chi connectivity index (χ1n) is 6.06. The van der Waals surface area contributed by atoms with Gasteiger partial charge in [0.1, 0.15) is 0 Å². The first kappa shape index (κ1) is 15.0. The molecule has 19 heavy (non-hydrogen) atoms. The Balaban J connectivity index is 2.39. The van der Waals surface area contributed by atoms with Gasteiger partial charge in [0.15, 0.2) is 0 Å². The Labute approximate surface area is 112 Å². The van der Waals surface area contributed by atoms with Crippen LogP contribution in [0, 0.1) is 0 Å². The molecule has 0 spiro atoms. The molecule has 0 saturated carbocycles. The molecule has 0 aliphatic carbocycles. The lowest BCUT2D eigenvalue weighted by Gasteiger charge is -2.10. The van der Waals surface area contributed by atoms with Gasteiger partial charge in [-0.25, -0.2) is 4.79 Å². The molecule has 0 bridgehead atoms. The maximum absolute atomic E-state index is 11.5. The maximum Gasteiger partial charge on any atom is 0.319 e. The topological polar surface area (TPSA) is 90.5 Å². The molecule has 6 heteroatoms. The summed E-state index contributed by atoms with van der Waals surface area (Å²) in [5, 5.41) is 17.3. The second kappa shape index (κ2) is 7.38. The average molecular weight is 265 g/mol. The van der Waals surface area contributed by atoms with Crippen LogP contribution in [-0.4, -0.2) is 30.1 Å². The van der Waals surface area contributed by atoms with Crippen molar-refractivity contribution in [3.8, 4) is 0 Å². The number of hydrogen-bond donors (Lipinski definition) is 4. The number of benzene rings is 1. The molecule has 0 aliphatic heterocycles. The van der Waals surface area contributed by atoms with Gasteiger partial charge < -0.3 is 21.1 Å². The highest BCUT2D eigenvalue weighted by Crippen LogP contribution is 2.16. The molecule has 1 unspecified atom stereocenters. The molecule has 6 nitrogen and oxygen atoms in total. The monoisotopic (exact) mass is 265 g/mol. The van der Waals surface area contributed by atoms with Crippen LogP contribution in [0.15, 0.2) is 24.3 Å². The van der Waals surface area contributed by atoms with E-state index in [0.29, 0.717) is 18.8 Å². The van der Waals surface area contributed by atoms with Crippen LogP contribution in [0.4, 0.5) is 10.5 Å². The van der Waals surface area contributed by atoms with Gasteiger partial charge in [-0.2, -0.15) is 0 Å². The number of urea groups is 1. The van der Waals surface area contributed by atoms with Crippen LogP contribution in [0.2, 0.25) is 0 Å². The number of aliphatic hydroxyl groups excluding tert-OH is 1. The Morgan fingerprint density at radius 1 is 1.26 bits per heavy atom. The minimum atomic E-state index is -0.579. The minimum absolute atomic E-state index is 0.133. The van der Waals surface area contributed by atoms with Crippen LogP contribution in [0.3, 0.4) is 0 Å². The molecule has 0 fully saturated rings. The van der Waals surface area contributed by atoms with Crippen molar-refractivity contribution >= 4 is 17.6 Å². The molecule has 1 aromatic rings. The summed E-state index contributed by atoms with van der Waals surface area (Å²) < 4.78 is 0. The summed E-state index contributed by atoms with van der Waals surface area (Å²) in [6, 6.07) is 6.63. The Morgan fingerprint density at radius 2 is 1.95 bits per heavy atom. The number of rotatable bonds is 5. The van der Waals surface area contributed by atoms with Crippen LogP contribution in [-0.2, 0) is 4.79 Å². The quantitative estimate of drug-likeness (QED) is 0.599. The third-order valence-electron chi connectivity index (χ3n) is 2.41. The van der Waals surface area contributed by atoms with E-state index in [2.05, 4.69) is 16.0 Å². The molecular weight excluding hydrogens is 246 g/mol. The zero-order chi connectivity index (χ0) is 14.3. The van der Waals surface area contributed by atoms with Gasteiger partial charge in [-0.1, -0.05) is 12.1 Å². The predicted octanol–water partition coefficient (Wildman–Crippen LogP) is 0.997. The summed E-state index contributed by atoms with van der Waals surface area (Å²) in [5.41, 5.74) is 1.34. The van der Waals surface area contributed by atoms with Crippen molar-refractivity contribution in [2.75, 3.05) is 18.4 Å². The lowest BCUT2D eigenvalue weighted by atomic mass is 10.1. The predicted molar refractivity (Wildman–Crippen MR) is 72.8 cm³/mol. The fraction of sp³-hybridized carbons (Fsp3) is 0.385. The Morgan fingerprint density at radius 3 is 2.58 bits per heavy atom. The smallest absolute Gasteiger partial charge is 0.319 e. The van der Waals surface area contributed by atoms with Crippen molar-refractivity contribution < 1.29 is 14.7 Å². The number of aliphatic hydroxyl groups is 1. The van der Waals surface area contributed by atoms with Gasteiger partial charge in [-0.15, -0.1) is 0 Å². The highest BCUT2D eigenvalue weighted by Gasteiger charge is 2.04. The van der Waals surface area contributed by atoms with Gasteiger partial charge >= 0.3 is 6.03 Å². The number of anilines is 1. The van der Waals surface area contributed by atoms with Gasteiger partial charge in [0.05, 0.1) is 6.10 Å². The van der Waals surface area contributed by atoms with Gasteiger partial charge in [0, 0.05) is 25.7 Å². The van der Waals surface area contributed by atoms with Crippen molar-refractivity contribution in [1.29, 1.82) is 0 Å². The van der Waals surface area contributed by atoms with Gasteiger partial charge in [-0.3, -0.25) is 4.79 Å². The number of hydrogen-bond acceptors (Lipinski definition) is 3. The Hall–Kier alpha value is -2.08. The van der Waals surface area contributed by atoms with Crippen molar-refractivity contribution in [3.05, 3.63) is 29.8 Å². The molecule has 0 aliphatic rings. The standard InChI is InChI=1S/C13H19N3O3/c1-9(17)11-4-3-5-12(8-11)16-13(19)15-7-6-14-10(2)18/h3-5,8-9,17H,6-7H2,1-2H3,(H,14,18)(H2,15,16,19). The summed E-state index contributed by atoms with van der Waals surface area (Å²) >= 11 is 0. The third-order valence-corrected chi connectivity index (χ3v) is 2.41. The van der Waals surface area contributed by atoms with E-state index >= 15 is 0 Å². The highest BCUT2D eigenvalue weighted by atomic mass is 16.3. The molecule has 1 aromatic carbocycles. The zero-order valence-corrected chi connectivity index (χ0v) is 11.1. The molecule has 1 rings (SSSR count). The van der Waals surface area contributed by atoms with Crippen LogP contribution >= 0.6 is 0 Å². The lowest BCUT2D eigenvalue weighted by molar-refractivity contribution is -0.118. The fourth-order valence-electron chi connectivity index (χ4n) is 1.47. The fourth-order valence-corrected chi connectivity index (χ4v) is 1.47. The van der Waals surface area contributed by atoms with Gasteiger partial charge in [0.25, 0.3) is 0 Å². The second-order valence-electron chi connectivity index (χ2n) is 4.17. The van der Waals surface area contributed by atoms with Crippen LogP contribution in [0.5, 0.6) is 0 Å². The molecule has 0 radical (unpaired) electrons. The van der Waals surface area contributed by atoms with Crippen molar-refractivity contribution in [2.24, 2.45) is 0 Å². The molecule has 1 atom stereocenters. The normalized spacial score (nSPS) is 11.5. The van der Waals surface area contributed by atoms with E-state index in [4.69, 9.17) is 0 Å². The Bertz CT molecular complexity index is 447. The van der Waals surface area contributed by atoms with Crippen molar-refractivity contribution in [1.82, 2.24) is 10.6 Å². The number of nitrogens with one attached hydrogen (secondary N) is 3. The van der Waals surface area contributed by atoms with Crippen LogP contribution < -0.4 is 16.0 Å². The third kappa shape index (κ3) is 5.87. The maximum atomic E-state index is 11.5. The number of carbonyl (C=O) groups is 2. The molecule has 0 aromatic heterocycles. The van der Waals surface area contributed by atoms with E-state index in [9.17, 15) is 14.7 Å². The van der Waals surface area contributed by atoms with E-state index < -0.39 is 6.10 Å². The molecule has 0 saturated heterocycles. The molecule has 0 heterocycles. The van der Waals surface area contributed by atoms with E-state index in [-0.39, 0.29) is 11.9 Å². The first-order chi connectivity index (χ1) is 8.99. The van der Waals surface area contributed by atoms with Gasteiger partial charge in [0.2, 0.25) is 5.91 Å². The largest absolute Gasteiger partial charge is 0.389 e. The Kier molecular flexibility index (Phi) is 5.81. The average Bonchev–Trinajstić information content (AvgIpc) is 2.34. The minimum Gasteiger partial charge on any atom is -0.389 e. The molecule has 104 valence electrons. The van der Waals surface area contributed by atoms with Crippen molar-refractivity contribution in [3.63, 3.8) is 0 Å². The van der Waals surface area contributed by atoms with Crippen LogP contribution in [0.25, 0.3) is 0 Å². The summed E-state index contributed by atoms with van der Waals surface area (Å²) in [5.74, 6) is -0.133. The lowest BCUT2D eigenvalue weighted by Crippen LogP contribution is -2.36. The van der Waals surface area contributed by atoms with Crippen LogP contribution in [0.1, 0.15) is 25.5 Å². The molecule has 3 amide bonds. The second-order valence-corrected chi connectivity index (χ2v) is 4.17. The summed E-state index contributed by atoms with van der Waals surface area (Å²) in [6.07, 6.45) is -0.579. The molecule has 4 N–H and O–H groups in total.